The Labute approximate surface area is 147 Å². The van der Waals surface area contributed by atoms with Gasteiger partial charge in [0.2, 0.25) is 0 Å². The van der Waals surface area contributed by atoms with Gasteiger partial charge in [0.1, 0.15) is 5.60 Å². The Morgan fingerprint density at radius 2 is 2.09 bits per heavy atom. The summed E-state index contributed by atoms with van der Waals surface area (Å²) < 4.78 is 6.42. The van der Waals surface area contributed by atoms with E-state index in [9.17, 15) is 4.79 Å². The molecule has 5 heteroatoms. The number of nitrogens with one attached hydrogen (secondary N) is 2. The largest absolute Gasteiger partial charge is 0.444 e. The Bertz CT molecular complexity index is 554. The first kappa shape index (κ1) is 18.1. The van der Waals surface area contributed by atoms with Gasteiger partial charge in [0.25, 0.3) is 0 Å². The van der Waals surface area contributed by atoms with Crippen LogP contribution in [0, 0.1) is 12.8 Å². The number of carbonyl (C=O) groups is 1. The van der Waals surface area contributed by atoms with Crippen LogP contribution in [0.3, 0.4) is 0 Å². The van der Waals surface area contributed by atoms with Crippen LogP contribution in [0.5, 0.6) is 0 Å². The van der Waals surface area contributed by atoms with E-state index in [2.05, 4.69) is 51.7 Å². The van der Waals surface area contributed by atoms with Crippen molar-refractivity contribution in [1.82, 2.24) is 5.32 Å². The molecule has 0 bridgehead atoms. The number of anilines is 1. The minimum atomic E-state index is -0.455. The molecule has 1 saturated carbocycles. The van der Waals surface area contributed by atoms with Gasteiger partial charge in [-0.1, -0.05) is 18.6 Å². The lowest BCUT2D eigenvalue weighted by molar-refractivity contribution is 0.0519. The Hall–Kier alpha value is -1.23. The van der Waals surface area contributed by atoms with Crippen LogP contribution < -0.4 is 10.6 Å². The highest BCUT2D eigenvalue weighted by atomic mass is 79.9. The van der Waals surface area contributed by atoms with E-state index in [1.54, 1.807) is 0 Å². The molecule has 23 heavy (non-hydrogen) atoms. The third-order valence-electron chi connectivity index (χ3n) is 4.10. The molecule has 0 aliphatic heterocycles. The summed E-state index contributed by atoms with van der Waals surface area (Å²) in [6.45, 7) is 8.37. The van der Waals surface area contributed by atoms with Gasteiger partial charge in [0.05, 0.1) is 0 Å². The maximum atomic E-state index is 11.8. The Morgan fingerprint density at radius 3 is 2.78 bits per heavy atom. The van der Waals surface area contributed by atoms with Crippen molar-refractivity contribution in [3.63, 3.8) is 0 Å². The van der Waals surface area contributed by atoms with E-state index >= 15 is 0 Å². The number of hydrogen-bond acceptors (Lipinski definition) is 3. The number of halogens is 1. The third-order valence-corrected chi connectivity index (χ3v) is 5.15. The predicted molar refractivity (Wildman–Crippen MR) is 97.9 cm³/mol. The number of aryl methyl sites for hydroxylation is 1. The summed E-state index contributed by atoms with van der Waals surface area (Å²) in [7, 11) is 0. The van der Waals surface area contributed by atoms with Crippen LogP contribution in [-0.2, 0) is 4.74 Å². The summed E-state index contributed by atoms with van der Waals surface area (Å²) in [5.74, 6) is 0.426. The molecule has 2 atom stereocenters. The minimum Gasteiger partial charge on any atom is -0.444 e. The molecular formula is C18H27BrN2O2. The number of amides is 1. The third kappa shape index (κ3) is 5.41. The maximum absolute atomic E-state index is 11.8. The van der Waals surface area contributed by atoms with E-state index in [0.29, 0.717) is 18.5 Å². The van der Waals surface area contributed by atoms with Crippen molar-refractivity contribution >= 4 is 27.7 Å². The fourth-order valence-corrected chi connectivity index (χ4v) is 3.34. The van der Waals surface area contributed by atoms with Crippen LogP contribution in [0.25, 0.3) is 0 Å². The molecule has 0 heterocycles. The molecule has 2 rings (SSSR count). The van der Waals surface area contributed by atoms with Gasteiger partial charge < -0.3 is 15.4 Å². The Morgan fingerprint density at radius 1 is 1.35 bits per heavy atom. The van der Waals surface area contributed by atoms with E-state index in [1.807, 2.05) is 20.8 Å². The number of benzene rings is 1. The molecule has 1 fully saturated rings. The number of hydrogen-bond donors (Lipinski definition) is 2. The van der Waals surface area contributed by atoms with Crippen LogP contribution in [0.1, 0.15) is 45.6 Å². The smallest absolute Gasteiger partial charge is 0.407 e. The molecule has 2 unspecified atom stereocenters. The second-order valence-electron chi connectivity index (χ2n) is 7.26. The predicted octanol–water partition coefficient (Wildman–Crippen LogP) is 4.86. The first-order valence-corrected chi connectivity index (χ1v) is 9.04. The molecule has 1 amide bonds. The van der Waals surface area contributed by atoms with Crippen molar-refractivity contribution < 1.29 is 9.53 Å². The fourth-order valence-electron chi connectivity index (χ4n) is 2.96. The second-order valence-corrected chi connectivity index (χ2v) is 8.05. The summed E-state index contributed by atoms with van der Waals surface area (Å²) in [4.78, 5) is 11.8. The molecule has 2 N–H and O–H groups in total. The number of rotatable bonds is 4. The van der Waals surface area contributed by atoms with E-state index in [1.165, 1.54) is 12.0 Å². The van der Waals surface area contributed by atoms with Crippen LogP contribution in [0.4, 0.5) is 10.5 Å². The SMILES string of the molecule is Cc1cccc(NC2CCCC2CNC(=O)OC(C)(C)C)c1Br. The Balaban J connectivity index is 1.90. The molecule has 0 radical (unpaired) electrons. The lowest BCUT2D eigenvalue weighted by Crippen LogP contribution is -2.38. The van der Waals surface area contributed by atoms with Gasteiger partial charge in [-0.3, -0.25) is 0 Å². The van der Waals surface area contributed by atoms with Crippen molar-refractivity contribution in [2.75, 3.05) is 11.9 Å². The lowest BCUT2D eigenvalue weighted by Gasteiger charge is -2.25. The summed E-state index contributed by atoms with van der Waals surface area (Å²) >= 11 is 3.65. The van der Waals surface area contributed by atoms with Gasteiger partial charge in [0, 0.05) is 22.7 Å². The highest BCUT2D eigenvalue weighted by Gasteiger charge is 2.28. The summed E-state index contributed by atoms with van der Waals surface area (Å²) in [6.07, 6.45) is 3.10. The molecule has 1 aromatic carbocycles. The molecule has 1 aliphatic rings. The number of ether oxygens (including phenoxy) is 1. The average molecular weight is 383 g/mol. The van der Waals surface area contributed by atoms with Gasteiger partial charge in [-0.25, -0.2) is 4.79 Å². The van der Waals surface area contributed by atoms with Crippen LogP contribution in [-0.4, -0.2) is 24.3 Å². The van der Waals surface area contributed by atoms with E-state index < -0.39 is 5.60 Å². The molecule has 1 aliphatic carbocycles. The number of carbonyl (C=O) groups excluding carboxylic acids is 1. The zero-order chi connectivity index (χ0) is 17.0. The highest BCUT2D eigenvalue weighted by Crippen LogP contribution is 2.32. The van der Waals surface area contributed by atoms with Gasteiger partial charge in [-0.15, -0.1) is 0 Å². The van der Waals surface area contributed by atoms with Crippen LogP contribution >= 0.6 is 15.9 Å². The standard InChI is InChI=1S/C18H27BrN2O2/c1-12-7-5-10-15(16(12)19)21-14-9-6-8-13(14)11-20-17(22)23-18(2,3)4/h5,7,10,13-14,21H,6,8-9,11H2,1-4H3,(H,20,22). The van der Waals surface area contributed by atoms with E-state index in [-0.39, 0.29) is 6.09 Å². The summed E-state index contributed by atoms with van der Waals surface area (Å²) in [5.41, 5.74) is 1.89. The van der Waals surface area contributed by atoms with Crippen LogP contribution in [0.15, 0.2) is 22.7 Å². The molecule has 4 nitrogen and oxygen atoms in total. The quantitative estimate of drug-likeness (QED) is 0.781. The van der Waals surface area contributed by atoms with E-state index in [0.717, 1.165) is 23.0 Å². The fraction of sp³-hybridized carbons (Fsp3) is 0.611. The molecule has 0 aromatic heterocycles. The maximum Gasteiger partial charge on any atom is 0.407 e. The Kier molecular flexibility index (Phi) is 5.95. The first-order chi connectivity index (χ1) is 10.8. The molecule has 0 spiro atoms. The van der Waals surface area contributed by atoms with Gasteiger partial charge in [-0.05, 0) is 74.0 Å². The summed E-state index contributed by atoms with van der Waals surface area (Å²) in [5, 5.41) is 6.54. The normalized spacial score (nSPS) is 21.1. The topological polar surface area (TPSA) is 50.4 Å². The zero-order valence-electron chi connectivity index (χ0n) is 14.4. The minimum absolute atomic E-state index is 0.333. The van der Waals surface area contributed by atoms with Gasteiger partial charge in [0.15, 0.2) is 0 Å². The highest BCUT2D eigenvalue weighted by molar-refractivity contribution is 9.10. The molecule has 128 valence electrons. The first-order valence-electron chi connectivity index (χ1n) is 8.25. The van der Waals surface area contributed by atoms with Crippen molar-refractivity contribution in [2.24, 2.45) is 5.92 Å². The van der Waals surface area contributed by atoms with Gasteiger partial charge in [-0.2, -0.15) is 0 Å². The van der Waals surface area contributed by atoms with Crippen LogP contribution in [0.2, 0.25) is 0 Å². The second kappa shape index (κ2) is 7.56. The van der Waals surface area contributed by atoms with Crippen molar-refractivity contribution in [3.05, 3.63) is 28.2 Å². The average Bonchev–Trinajstić information content (AvgIpc) is 2.87. The number of alkyl carbamates (subject to hydrolysis) is 1. The summed E-state index contributed by atoms with van der Waals surface area (Å²) in [6, 6.07) is 6.62. The monoisotopic (exact) mass is 382 g/mol. The zero-order valence-corrected chi connectivity index (χ0v) is 16.0. The van der Waals surface area contributed by atoms with Crippen molar-refractivity contribution in [3.8, 4) is 0 Å². The molecular weight excluding hydrogens is 356 g/mol. The molecule has 0 saturated heterocycles. The molecule has 1 aromatic rings. The van der Waals surface area contributed by atoms with Crippen molar-refractivity contribution in [1.29, 1.82) is 0 Å². The van der Waals surface area contributed by atoms with Gasteiger partial charge >= 0.3 is 6.09 Å². The van der Waals surface area contributed by atoms with Crippen molar-refractivity contribution in [2.45, 2.75) is 58.6 Å². The lowest BCUT2D eigenvalue weighted by atomic mass is 10.0. The van der Waals surface area contributed by atoms with E-state index in [4.69, 9.17) is 4.74 Å².